The topological polar surface area (TPSA) is 99.5 Å². The van der Waals surface area contributed by atoms with Crippen LogP contribution in [0.3, 0.4) is 0 Å². The molecule has 0 amide bonds. The molecular weight excluding hydrogens is 470 g/mol. The fraction of sp³-hybridized carbons (Fsp3) is 0.464. The highest BCUT2D eigenvalue weighted by molar-refractivity contribution is 5.89. The number of benzene rings is 2. The van der Waals surface area contributed by atoms with Crippen molar-refractivity contribution in [2.75, 3.05) is 62.3 Å². The van der Waals surface area contributed by atoms with E-state index in [1.165, 1.54) is 12.0 Å². The molecule has 2 aliphatic rings. The molecule has 4 rings (SSSR count). The lowest BCUT2D eigenvalue weighted by atomic mass is 10.1. The van der Waals surface area contributed by atoms with Crippen LogP contribution in [0.5, 0.6) is 5.75 Å². The SMILES string of the molecule is CCOC(=O)c1ccc(N2CCN(c3ccc(OC[C@@H]4CO[C@H](CN/C=N\C=N)C4)c(C)c3)CC2)cc1. The molecule has 2 atom stereocenters. The van der Waals surface area contributed by atoms with Gasteiger partial charge in [0.25, 0.3) is 0 Å². The summed E-state index contributed by atoms with van der Waals surface area (Å²) < 4.78 is 17.1. The third-order valence-corrected chi connectivity index (χ3v) is 6.77. The van der Waals surface area contributed by atoms with Gasteiger partial charge in [-0.2, -0.15) is 0 Å². The molecule has 0 aliphatic carbocycles. The number of carbonyl (C=O) groups is 1. The number of aryl methyl sites for hydroxylation is 1. The fourth-order valence-corrected chi connectivity index (χ4v) is 4.76. The van der Waals surface area contributed by atoms with Crippen molar-refractivity contribution < 1.29 is 19.0 Å². The van der Waals surface area contributed by atoms with E-state index in [0.717, 1.165) is 55.9 Å². The number of ether oxygens (including phenoxy) is 3. The Kier molecular flexibility index (Phi) is 9.37. The summed E-state index contributed by atoms with van der Waals surface area (Å²) in [4.78, 5) is 20.4. The zero-order valence-corrected chi connectivity index (χ0v) is 21.7. The molecule has 0 aromatic heterocycles. The van der Waals surface area contributed by atoms with Gasteiger partial charge >= 0.3 is 5.97 Å². The molecule has 0 unspecified atom stereocenters. The molecule has 2 aliphatic heterocycles. The van der Waals surface area contributed by atoms with Gasteiger partial charge in [-0.15, -0.1) is 0 Å². The van der Waals surface area contributed by atoms with Crippen LogP contribution in [0.25, 0.3) is 0 Å². The van der Waals surface area contributed by atoms with Gasteiger partial charge in [-0.25, -0.2) is 9.79 Å². The minimum absolute atomic E-state index is 0.142. The monoisotopic (exact) mass is 507 g/mol. The number of anilines is 2. The maximum absolute atomic E-state index is 11.9. The Balaban J connectivity index is 1.23. The first kappa shape index (κ1) is 26.5. The predicted octanol–water partition coefficient (Wildman–Crippen LogP) is 3.51. The Morgan fingerprint density at radius 2 is 1.84 bits per heavy atom. The van der Waals surface area contributed by atoms with E-state index >= 15 is 0 Å². The highest BCUT2D eigenvalue weighted by Gasteiger charge is 2.26. The van der Waals surface area contributed by atoms with Crippen LogP contribution in [-0.4, -0.2) is 77.3 Å². The molecule has 2 aromatic rings. The summed E-state index contributed by atoms with van der Waals surface area (Å²) in [5, 5.41) is 9.95. The van der Waals surface area contributed by atoms with Crippen LogP contribution < -0.4 is 19.9 Å². The molecular formula is C28H37N5O4. The standard InChI is InChI=1S/C28H37N5O4/c1-3-35-28(34)23-4-6-24(7-5-23)32-10-12-33(13-11-32)25-8-9-27(21(2)14-25)37-18-22-15-26(36-17-22)16-30-20-31-19-29/h4-9,14,19-20,22,26H,3,10-13,15-18H2,1-2H3,(H2,29,30,31)/t22-,26-/m0/s1. The van der Waals surface area contributed by atoms with Crippen molar-refractivity contribution in [2.24, 2.45) is 10.9 Å². The van der Waals surface area contributed by atoms with Crippen molar-refractivity contribution in [2.45, 2.75) is 26.4 Å². The van der Waals surface area contributed by atoms with Gasteiger partial charge in [-0.05, 0) is 68.3 Å². The maximum Gasteiger partial charge on any atom is 0.338 e. The first-order chi connectivity index (χ1) is 18.1. The van der Waals surface area contributed by atoms with E-state index in [1.807, 2.05) is 31.2 Å². The van der Waals surface area contributed by atoms with Gasteiger partial charge in [0.1, 0.15) is 12.1 Å². The Labute approximate surface area is 218 Å². The van der Waals surface area contributed by atoms with Crippen molar-refractivity contribution in [3.63, 3.8) is 0 Å². The van der Waals surface area contributed by atoms with Crippen LogP contribution in [0.15, 0.2) is 47.5 Å². The maximum atomic E-state index is 11.9. The molecule has 2 aromatic carbocycles. The molecule has 0 radical (unpaired) electrons. The summed E-state index contributed by atoms with van der Waals surface area (Å²) in [6.07, 6.45) is 3.61. The van der Waals surface area contributed by atoms with Gasteiger partial charge in [0.15, 0.2) is 0 Å². The second kappa shape index (κ2) is 13.1. The Morgan fingerprint density at radius 3 is 2.51 bits per heavy atom. The Hall–Kier alpha value is -3.59. The summed E-state index contributed by atoms with van der Waals surface area (Å²) in [5.74, 6) is 1.01. The van der Waals surface area contributed by atoms with E-state index in [0.29, 0.717) is 37.8 Å². The third-order valence-electron chi connectivity index (χ3n) is 6.77. The molecule has 2 N–H and O–H groups in total. The highest BCUT2D eigenvalue weighted by Crippen LogP contribution is 2.28. The van der Waals surface area contributed by atoms with Crippen molar-refractivity contribution in [1.29, 1.82) is 5.41 Å². The first-order valence-electron chi connectivity index (χ1n) is 12.9. The lowest BCUT2D eigenvalue weighted by Crippen LogP contribution is -2.46. The molecule has 2 saturated heterocycles. The van der Waals surface area contributed by atoms with Crippen molar-refractivity contribution in [3.05, 3.63) is 53.6 Å². The average Bonchev–Trinajstić information content (AvgIpc) is 3.38. The second-order valence-corrected chi connectivity index (χ2v) is 9.37. The molecule has 0 spiro atoms. The van der Waals surface area contributed by atoms with Crippen LogP contribution in [0.1, 0.15) is 29.3 Å². The second-order valence-electron chi connectivity index (χ2n) is 9.37. The Bertz CT molecular complexity index is 1070. The molecule has 0 bridgehead atoms. The summed E-state index contributed by atoms with van der Waals surface area (Å²) in [7, 11) is 0. The lowest BCUT2D eigenvalue weighted by molar-refractivity contribution is 0.0526. The van der Waals surface area contributed by atoms with Gasteiger partial charge in [-0.3, -0.25) is 5.41 Å². The molecule has 198 valence electrons. The average molecular weight is 508 g/mol. The summed E-state index contributed by atoms with van der Waals surface area (Å²) >= 11 is 0. The van der Waals surface area contributed by atoms with Crippen LogP contribution in [0.4, 0.5) is 11.4 Å². The first-order valence-corrected chi connectivity index (χ1v) is 12.9. The Morgan fingerprint density at radius 1 is 1.14 bits per heavy atom. The van der Waals surface area contributed by atoms with Crippen molar-refractivity contribution in [3.8, 4) is 5.75 Å². The molecule has 2 fully saturated rings. The van der Waals surface area contributed by atoms with Gasteiger partial charge in [0.2, 0.25) is 0 Å². The lowest BCUT2D eigenvalue weighted by Gasteiger charge is -2.37. The largest absolute Gasteiger partial charge is 0.493 e. The van der Waals surface area contributed by atoms with Crippen molar-refractivity contribution in [1.82, 2.24) is 5.32 Å². The number of aliphatic imine (C=N–C) groups is 1. The fourth-order valence-electron chi connectivity index (χ4n) is 4.76. The van der Waals surface area contributed by atoms with E-state index in [9.17, 15) is 4.79 Å². The number of carbonyl (C=O) groups excluding carboxylic acids is 1. The van der Waals surface area contributed by atoms with E-state index in [1.54, 1.807) is 0 Å². The van der Waals surface area contributed by atoms with Crippen LogP contribution in [0, 0.1) is 18.3 Å². The quantitative estimate of drug-likeness (QED) is 0.273. The number of hydrogen-bond acceptors (Lipinski definition) is 7. The number of nitrogens with one attached hydrogen (secondary N) is 2. The zero-order valence-electron chi connectivity index (χ0n) is 21.7. The van der Waals surface area contributed by atoms with E-state index in [-0.39, 0.29) is 12.1 Å². The van der Waals surface area contributed by atoms with Gasteiger partial charge in [0.05, 0.1) is 37.8 Å². The summed E-state index contributed by atoms with van der Waals surface area (Å²) in [5.41, 5.74) is 4.06. The molecule has 0 saturated carbocycles. The summed E-state index contributed by atoms with van der Waals surface area (Å²) in [6.45, 7) is 10.0. The van der Waals surface area contributed by atoms with Crippen LogP contribution in [-0.2, 0) is 9.47 Å². The summed E-state index contributed by atoms with van der Waals surface area (Å²) in [6, 6.07) is 14.1. The molecule has 2 heterocycles. The van der Waals surface area contributed by atoms with Gasteiger partial charge < -0.3 is 29.3 Å². The number of esters is 1. The number of nitrogens with zero attached hydrogens (tertiary/aromatic N) is 3. The number of rotatable bonds is 11. The number of piperazine rings is 1. The van der Waals surface area contributed by atoms with Gasteiger partial charge in [-0.1, -0.05) is 0 Å². The zero-order chi connectivity index (χ0) is 26.0. The van der Waals surface area contributed by atoms with E-state index in [4.69, 9.17) is 19.6 Å². The predicted molar refractivity (Wildman–Crippen MR) is 147 cm³/mol. The molecule has 37 heavy (non-hydrogen) atoms. The normalized spacial score (nSPS) is 19.7. The number of hydrogen-bond donors (Lipinski definition) is 2. The minimum atomic E-state index is -0.277. The van der Waals surface area contributed by atoms with Crippen molar-refractivity contribution >= 4 is 30.0 Å². The third kappa shape index (κ3) is 7.22. The minimum Gasteiger partial charge on any atom is -0.493 e. The highest BCUT2D eigenvalue weighted by atomic mass is 16.5. The van der Waals surface area contributed by atoms with Crippen LogP contribution in [0.2, 0.25) is 0 Å². The van der Waals surface area contributed by atoms with E-state index < -0.39 is 0 Å². The smallest absolute Gasteiger partial charge is 0.338 e. The van der Waals surface area contributed by atoms with Crippen LogP contribution >= 0.6 is 0 Å². The molecule has 9 nitrogen and oxygen atoms in total. The molecule has 9 heteroatoms. The van der Waals surface area contributed by atoms with Gasteiger partial charge in [0, 0.05) is 50.0 Å². The van der Waals surface area contributed by atoms with E-state index in [2.05, 4.69) is 45.2 Å².